The summed E-state index contributed by atoms with van der Waals surface area (Å²) in [6, 6.07) is 34.1. The van der Waals surface area contributed by atoms with E-state index in [1.165, 1.54) is 37.6 Å². The first kappa shape index (κ1) is 41.5. The Kier molecular flexibility index (Phi) is 11.5. The second kappa shape index (κ2) is 17.5. The molecule has 7 nitrogen and oxygen atoms in total. The van der Waals surface area contributed by atoms with Crippen molar-refractivity contribution in [2.45, 2.75) is 77.3 Å². The highest BCUT2D eigenvalue weighted by Gasteiger charge is 2.27. The largest absolute Gasteiger partial charge is 0.478 e. The van der Waals surface area contributed by atoms with Crippen LogP contribution in [0.3, 0.4) is 0 Å². The Labute approximate surface area is 365 Å². The van der Waals surface area contributed by atoms with Crippen LogP contribution >= 0.6 is 0 Å². The van der Waals surface area contributed by atoms with Crippen molar-refractivity contribution in [3.8, 4) is 0 Å². The van der Waals surface area contributed by atoms with Gasteiger partial charge in [0.1, 0.15) is 11.6 Å². The third-order valence-electron chi connectivity index (χ3n) is 12.3. The molecule has 2 fully saturated rings. The summed E-state index contributed by atoms with van der Waals surface area (Å²) >= 11 is 0. The van der Waals surface area contributed by atoms with Crippen molar-refractivity contribution < 1.29 is 28.2 Å². The molecule has 1 N–H and O–H groups in total. The quantitative estimate of drug-likeness (QED) is 0.124. The number of aromatic carboxylic acids is 1. The molecule has 0 spiro atoms. The lowest BCUT2D eigenvalue weighted by atomic mass is 9.95. The van der Waals surface area contributed by atoms with Crippen molar-refractivity contribution in [1.82, 2.24) is 14.1 Å². The molecule has 2 aliphatic rings. The number of fused-ring (bicyclic) bond motifs is 2. The minimum atomic E-state index is -0.927. The van der Waals surface area contributed by atoms with Crippen LogP contribution in [0.25, 0.3) is 21.8 Å². The highest BCUT2D eigenvalue weighted by Crippen LogP contribution is 2.41. The summed E-state index contributed by atoms with van der Waals surface area (Å²) in [4.78, 5) is 28.8. The summed E-state index contributed by atoms with van der Waals surface area (Å²) in [6.07, 6.45) is 11.7. The lowest BCUT2D eigenvalue weighted by Crippen LogP contribution is -2.07. The zero-order valence-electron chi connectivity index (χ0n) is 35.7. The van der Waals surface area contributed by atoms with E-state index >= 15 is 0 Å². The van der Waals surface area contributed by atoms with E-state index in [9.17, 15) is 23.5 Å². The monoisotopic (exact) mass is 841 g/mol. The molecule has 8 aromatic rings. The summed E-state index contributed by atoms with van der Waals surface area (Å²) in [7, 11) is 1.44. The molecule has 0 radical (unpaired) electrons. The van der Waals surface area contributed by atoms with E-state index < -0.39 is 5.97 Å². The molecule has 5 aromatic carbocycles. The number of carbonyl (C=O) groups is 2. The molecule has 0 bridgehead atoms. The number of halogens is 2. The molecular formula is C54H49F2N3O4. The fourth-order valence-corrected chi connectivity index (χ4v) is 9.04. The van der Waals surface area contributed by atoms with Crippen LogP contribution < -0.4 is 0 Å². The topological polar surface area (TPSA) is 86.3 Å². The van der Waals surface area contributed by atoms with Crippen LogP contribution in [0, 0.1) is 25.5 Å². The molecule has 0 unspecified atom stereocenters. The first-order valence-corrected chi connectivity index (χ1v) is 21.6. The van der Waals surface area contributed by atoms with Crippen LogP contribution in [0.15, 0.2) is 128 Å². The zero-order chi connectivity index (χ0) is 43.8. The summed E-state index contributed by atoms with van der Waals surface area (Å²) in [5.41, 5.74) is 13.3. The van der Waals surface area contributed by atoms with Crippen LogP contribution in [0.4, 0.5) is 8.78 Å². The van der Waals surface area contributed by atoms with Crippen LogP contribution in [0.2, 0.25) is 0 Å². The van der Waals surface area contributed by atoms with Gasteiger partial charge >= 0.3 is 11.9 Å². The van der Waals surface area contributed by atoms with Crippen molar-refractivity contribution in [3.05, 3.63) is 206 Å². The number of carbonyl (C=O) groups excluding carboxylic acids is 1. The lowest BCUT2D eigenvalue weighted by Gasteiger charge is -2.13. The summed E-state index contributed by atoms with van der Waals surface area (Å²) < 4.78 is 36.5. The predicted molar refractivity (Wildman–Crippen MR) is 243 cm³/mol. The van der Waals surface area contributed by atoms with Gasteiger partial charge in [0.2, 0.25) is 0 Å². The summed E-state index contributed by atoms with van der Waals surface area (Å²) in [6.45, 7) is 5.37. The number of aromatic nitrogens is 3. The van der Waals surface area contributed by atoms with Crippen LogP contribution in [0.1, 0.15) is 114 Å². The summed E-state index contributed by atoms with van der Waals surface area (Å²) in [5, 5.41) is 11.9. The maximum atomic E-state index is 13.6. The number of benzene rings is 5. The number of hydrogen-bond donors (Lipinski definition) is 1. The number of hydrogen-bond acceptors (Lipinski definition) is 4. The number of carboxylic acid groups (broad SMARTS) is 1. The van der Waals surface area contributed by atoms with Crippen LogP contribution in [-0.2, 0) is 30.7 Å². The molecule has 0 amide bonds. The first-order valence-electron chi connectivity index (χ1n) is 21.6. The predicted octanol–water partition coefficient (Wildman–Crippen LogP) is 12.1. The van der Waals surface area contributed by atoms with Crippen LogP contribution in [-0.4, -0.2) is 38.3 Å². The molecule has 2 aliphatic carbocycles. The molecule has 3 heterocycles. The molecule has 318 valence electrons. The van der Waals surface area contributed by atoms with Gasteiger partial charge in [-0.05, 0) is 169 Å². The Morgan fingerprint density at radius 1 is 0.651 bits per heavy atom. The van der Waals surface area contributed by atoms with E-state index in [-0.39, 0.29) is 17.6 Å². The maximum Gasteiger partial charge on any atom is 0.338 e. The number of rotatable bonds is 12. The van der Waals surface area contributed by atoms with E-state index in [4.69, 9.17) is 4.74 Å². The third-order valence-corrected chi connectivity index (χ3v) is 12.3. The fourth-order valence-electron chi connectivity index (χ4n) is 9.04. The molecule has 3 aromatic heterocycles. The normalized spacial score (nSPS) is 13.5. The highest BCUT2D eigenvalue weighted by atomic mass is 19.1. The van der Waals surface area contributed by atoms with Crippen molar-refractivity contribution >= 4 is 33.7 Å². The van der Waals surface area contributed by atoms with Crippen molar-refractivity contribution in [2.24, 2.45) is 0 Å². The molecular weight excluding hydrogens is 793 g/mol. The number of ether oxygens (including phenoxy) is 1. The van der Waals surface area contributed by atoms with Crippen LogP contribution in [0.5, 0.6) is 0 Å². The molecule has 63 heavy (non-hydrogen) atoms. The molecule has 10 rings (SSSR count). The zero-order valence-corrected chi connectivity index (χ0v) is 35.7. The number of aryl methyl sites for hydroxylation is 2. The average molecular weight is 842 g/mol. The Bertz CT molecular complexity index is 3030. The number of esters is 1. The van der Waals surface area contributed by atoms with Gasteiger partial charge in [-0.25, -0.2) is 18.4 Å². The Hall–Kier alpha value is -6.87. The minimum Gasteiger partial charge on any atom is -0.478 e. The second-order valence-electron chi connectivity index (χ2n) is 17.2. The van der Waals surface area contributed by atoms with E-state index in [1.54, 1.807) is 30.3 Å². The van der Waals surface area contributed by atoms with Gasteiger partial charge in [0.05, 0.1) is 35.0 Å². The Morgan fingerprint density at radius 3 is 1.71 bits per heavy atom. The Morgan fingerprint density at radius 2 is 1.19 bits per heavy atom. The molecule has 2 saturated carbocycles. The second-order valence-corrected chi connectivity index (χ2v) is 17.2. The number of pyridine rings is 1. The summed E-state index contributed by atoms with van der Waals surface area (Å²) in [5.74, 6) is -0.597. The van der Waals surface area contributed by atoms with E-state index in [2.05, 4.69) is 76.6 Å². The molecule has 0 aliphatic heterocycles. The van der Waals surface area contributed by atoms with Crippen molar-refractivity contribution in [1.29, 1.82) is 0 Å². The molecule has 0 atom stereocenters. The van der Waals surface area contributed by atoms with E-state index in [0.717, 1.165) is 79.2 Å². The maximum absolute atomic E-state index is 13.6. The van der Waals surface area contributed by atoms with Gasteiger partial charge < -0.3 is 19.0 Å². The third kappa shape index (κ3) is 9.33. The van der Waals surface area contributed by atoms with Gasteiger partial charge in [0.25, 0.3) is 0 Å². The van der Waals surface area contributed by atoms with E-state index in [0.29, 0.717) is 54.6 Å². The number of methoxy groups -OCH3 is 1. The molecule has 9 heteroatoms. The first-order chi connectivity index (χ1) is 30.5. The fraction of sp³-hybridized carbons (Fsp3) is 0.241. The van der Waals surface area contributed by atoms with Gasteiger partial charge in [0, 0.05) is 48.9 Å². The van der Waals surface area contributed by atoms with Crippen molar-refractivity contribution in [2.75, 3.05) is 7.11 Å². The lowest BCUT2D eigenvalue weighted by molar-refractivity contribution is 0.0598. The number of nitrogens with zero attached hydrogens (tertiary/aromatic N) is 3. The average Bonchev–Trinajstić information content (AvgIpc) is 4.20. The minimum absolute atomic E-state index is 0.216. The van der Waals surface area contributed by atoms with Gasteiger partial charge in [-0.3, -0.25) is 4.98 Å². The standard InChI is InChI=1S/C28H26FNO2.C26H23FN2O2/c1-18-12-20(13-23-9-8-22(21-6-7-21)16-26(23)28(31)32-2)14-24-10-11-30(27(18)24)17-19-4-3-5-25(29)15-19;1-16-9-18(12-24-23(26(30)31)13-21(14-28-24)19-5-6-19)10-20-7-8-29(25(16)20)15-17-3-2-4-22(27)11-17/h3-5,8-12,14-16,21H,6-7,13,17H2,1-2H3;2-4,7-11,13-14,19H,5-6,12,15H2,1H3,(H,30,31). The van der Waals surface area contributed by atoms with Gasteiger partial charge in [-0.15, -0.1) is 0 Å². The smallest absolute Gasteiger partial charge is 0.338 e. The van der Waals surface area contributed by atoms with Gasteiger partial charge in [-0.2, -0.15) is 0 Å². The van der Waals surface area contributed by atoms with Gasteiger partial charge in [-0.1, -0.05) is 48.5 Å². The molecule has 0 saturated heterocycles. The highest BCUT2D eigenvalue weighted by molar-refractivity contribution is 5.92. The Balaban J connectivity index is 0.000000160. The van der Waals surface area contributed by atoms with Crippen molar-refractivity contribution in [3.63, 3.8) is 0 Å². The van der Waals surface area contributed by atoms with Gasteiger partial charge in [0.15, 0.2) is 0 Å². The number of carboxylic acids is 1. The van der Waals surface area contributed by atoms with E-state index in [1.807, 2.05) is 36.7 Å². The SMILES string of the molecule is COC(=O)c1cc(C2CC2)ccc1Cc1cc(C)c2c(ccn2Cc2cccc(F)c2)c1.Cc1cc(Cc2ncc(C3CC3)cc2C(=O)O)cc2ccn(Cc3cccc(F)c3)c12.